The molecule has 0 radical (unpaired) electrons. The van der Waals surface area contributed by atoms with E-state index >= 15 is 0 Å². The van der Waals surface area contributed by atoms with Crippen molar-refractivity contribution in [1.82, 2.24) is 4.72 Å². The van der Waals surface area contributed by atoms with Crippen LogP contribution in [0.3, 0.4) is 0 Å². The fourth-order valence-corrected chi connectivity index (χ4v) is 4.52. The molecule has 0 atom stereocenters. The lowest BCUT2D eigenvalue weighted by Gasteiger charge is -2.14. The van der Waals surface area contributed by atoms with Gasteiger partial charge in [-0.1, -0.05) is 0 Å². The molecule has 3 rings (SSSR count). The minimum absolute atomic E-state index is 0.0251. The van der Waals surface area contributed by atoms with Crippen LogP contribution in [0.1, 0.15) is 23.2 Å². The Labute approximate surface area is 177 Å². The molecule has 29 heavy (non-hydrogen) atoms. The number of carbonyl (C=O) groups is 1. The number of hydrogen-bond donors (Lipinski definition) is 2. The Morgan fingerprint density at radius 1 is 1.00 bits per heavy atom. The number of sulfonamides is 1. The average molecular weight is 485 g/mol. The van der Waals surface area contributed by atoms with Crippen molar-refractivity contribution in [3.63, 3.8) is 0 Å². The number of amides is 1. The van der Waals surface area contributed by atoms with Gasteiger partial charge in [-0.05, 0) is 59.1 Å². The second kappa shape index (κ2) is 8.60. The lowest BCUT2D eigenvalue weighted by atomic mass is 10.1. The molecule has 1 amide bonds. The average Bonchev–Trinajstić information content (AvgIpc) is 3.51. The van der Waals surface area contributed by atoms with Gasteiger partial charge in [0.25, 0.3) is 5.91 Å². The van der Waals surface area contributed by atoms with Gasteiger partial charge in [0.15, 0.2) is 0 Å². The van der Waals surface area contributed by atoms with Crippen LogP contribution in [0.4, 0.5) is 5.69 Å². The first-order chi connectivity index (χ1) is 13.8. The molecule has 1 saturated carbocycles. The van der Waals surface area contributed by atoms with Gasteiger partial charge in [-0.25, -0.2) is 13.1 Å². The Kier molecular flexibility index (Phi) is 6.35. The zero-order valence-corrected chi connectivity index (χ0v) is 18.5. The monoisotopic (exact) mass is 484 g/mol. The standard InChI is InChI=1S/C19H21BrN2O6S/c1-26-15-7-6-13(29(24,25)22-12-4-5-12)10-14(15)21-19(23)11-8-16(27-2)18(20)17(9-11)28-3/h6-10,12,22H,4-5H2,1-3H3,(H,21,23). The summed E-state index contributed by atoms with van der Waals surface area (Å²) in [6.07, 6.45) is 1.65. The summed E-state index contributed by atoms with van der Waals surface area (Å²) in [6, 6.07) is 7.37. The van der Waals surface area contributed by atoms with Crippen molar-refractivity contribution in [3.8, 4) is 17.2 Å². The second-order valence-electron chi connectivity index (χ2n) is 6.41. The van der Waals surface area contributed by atoms with Crippen molar-refractivity contribution < 1.29 is 27.4 Å². The quantitative estimate of drug-likeness (QED) is 0.596. The molecule has 10 heteroatoms. The highest BCUT2D eigenvalue weighted by Gasteiger charge is 2.28. The van der Waals surface area contributed by atoms with Gasteiger partial charge < -0.3 is 19.5 Å². The van der Waals surface area contributed by atoms with Gasteiger partial charge >= 0.3 is 0 Å². The summed E-state index contributed by atoms with van der Waals surface area (Å²) in [5.74, 6) is 0.703. The fourth-order valence-electron chi connectivity index (χ4n) is 2.64. The van der Waals surface area contributed by atoms with E-state index in [2.05, 4.69) is 26.0 Å². The van der Waals surface area contributed by atoms with Crippen LogP contribution in [0.5, 0.6) is 17.2 Å². The number of anilines is 1. The van der Waals surface area contributed by atoms with Crippen molar-refractivity contribution in [3.05, 3.63) is 40.4 Å². The summed E-state index contributed by atoms with van der Waals surface area (Å²) < 4.78 is 44.0. The number of benzene rings is 2. The Morgan fingerprint density at radius 3 is 2.10 bits per heavy atom. The molecule has 1 fully saturated rings. The summed E-state index contributed by atoms with van der Waals surface area (Å²) in [4.78, 5) is 12.9. The summed E-state index contributed by atoms with van der Waals surface area (Å²) in [5, 5.41) is 2.70. The largest absolute Gasteiger partial charge is 0.495 e. The summed E-state index contributed by atoms with van der Waals surface area (Å²) >= 11 is 3.36. The van der Waals surface area contributed by atoms with E-state index in [0.717, 1.165) is 12.8 Å². The van der Waals surface area contributed by atoms with Crippen LogP contribution in [0.25, 0.3) is 0 Å². The highest BCUT2D eigenvalue weighted by atomic mass is 79.9. The Balaban J connectivity index is 1.92. The Hall–Kier alpha value is -2.30. The van der Waals surface area contributed by atoms with E-state index in [1.165, 1.54) is 39.5 Å². The third kappa shape index (κ3) is 4.82. The third-order valence-electron chi connectivity index (χ3n) is 4.34. The van der Waals surface area contributed by atoms with E-state index in [1.807, 2.05) is 0 Å². The molecule has 0 aliphatic heterocycles. The van der Waals surface area contributed by atoms with Gasteiger partial charge in [-0.2, -0.15) is 0 Å². The van der Waals surface area contributed by atoms with Crippen molar-refractivity contribution in [2.75, 3.05) is 26.6 Å². The molecular weight excluding hydrogens is 464 g/mol. The molecule has 8 nitrogen and oxygen atoms in total. The summed E-state index contributed by atoms with van der Waals surface area (Å²) in [5.41, 5.74) is 0.505. The van der Waals surface area contributed by atoms with Gasteiger partial charge in [-0.3, -0.25) is 4.79 Å². The minimum atomic E-state index is -3.67. The fraction of sp³-hybridized carbons (Fsp3) is 0.316. The maximum absolute atomic E-state index is 12.8. The van der Waals surface area contributed by atoms with E-state index < -0.39 is 15.9 Å². The van der Waals surface area contributed by atoms with Gasteiger partial charge in [0.05, 0.1) is 31.9 Å². The molecular formula is C19H21BrN2O6S. The first-order valence-corrected chi connectivity index (χ1v) is 11.0. The summed E-state index contributed by atoms with van der Waals surface area (Å²) in [7, 11) is 0.718. The molecule has 2 aromatic rings. The van der Waals surface area contributed by atoms with Gasteiger partial charge in [0.1, 0.15) is 21.7 Å². The van der Waals surface area contributed by atoms with Gasteiger partial charge in [-0.15, -0.1) is 0 Å². The summed E-state index contributed by atoms with van der Waals surface area (Å²) in [6.45, 7) is 0. The maximum Gasteiger partial charge on any atom is 0.256 e. The number of carbonyl (C=O) groups excluding carboxylic acids is 1. The number of rotatable bonds is 8. The number of halogens is 1. The molecule has 2 aromatic carbocycles. The number of hydrogen-bond acceptors (Lipinski definition) is 6. The first-order valence-electron chi connectivity index (χ1n) is 8.72. The molecule has 0 aromatic heterocycles. The molecule has 0 bridgehead atoms. The molecule has 0 unspecified atom stereocenters. The highest BCUT2D eigenvalue weighted by Crippen LogP contribution is 2.36. The smallest absolute Gasteiger partial charge is 0.256 e. The number of methoxy groups -OCH3 is 3. The van der Waals surface area contributed by atoms with E-state index in [-0.39, 0.29) is 22.2 Å². The lowest BCUT2D eigenvalue weighted by Crippen LogP contribution is -2.26. The van der Waals surface area contributed by atoms with Gasteiger partial charge in [0.2, 0.25) is 10.0 Å². The number of nitrogens with one attached hydrogen (secondary N) is 2. The van der Waals surface area contributed by atoms with E-state index in [1.54, 1.807) is 12.1 Å². The Bertz CT molecular complexity index is 1010. The molecule has 1 aliphatic rings. The molecule has 156 valence electrons. The molecule has 0 saturated heterocycles. The van der Waals surface area contributed by atoms with Crippen LogP contribution in [0.15, 0.2) is 39.7 Å². The van der Waals surface area contributed by atoms with E-state index in [4.69, 9.17) is 14.2 Å². The van der Waals surface area contributed by atoms with Crippen molar-refractivity contribution in [1.29, 1.82) is 0 Å². The lowest BCUT2D eigenvalue weighted by molar-refractivity contribution is 0.102. The zero-order valence-electron chi connectivity index (χ0n) is 16.1. The Morgan fingerprint density at radius 2 is 1.59 bits per heavy atom. The third-order valence-corrected chi connectivity index (χ3v) is 6.64. The second-order valence-corrected chi connectivity index (χ2v) is 8.91. The van der Waals surface area contributed by atoms with Crippen molar-refractivity contribution >= 4 is 37.5 Å². The molecule has 2 N–H and O–H groups in total. The molecule has 1 aliphatic carbocycles. The minimum Gasteiger partial charge on any atom is -0.495 e. The van der Waals surface area contributed by atoms with Crippen LogP contribution in [-0.4, -0.2) is 41.7 Å². The van der Waals surface area contributed by atoms with Gasteiger partial charge in [0, 0.05) is 11.6 Å². The predicted molar refractivity (Wildman–Crippen MR) is 112 cm³/mol. The normalized spacial score (nSPS) is 13.7. The molecule has 0 heterocycles. The predicted octanol–water partition coefficient (Wildman–Crippen LogP) is 3.17. The number of ether oxygens (including phenoxy) is 3. The zero-order chi connectivity index (χ0) is 21.2. The van der Waals surface area contributed by atoms with Crippen LogP contribution in [0, 0.1) is 0 Å². The van der Waals surface area contributed by atoms with Crippen LogP contribution < -0.4 is 24.2 Å². The maximum atomic E-state index is 12.8. The van der Waals surface area contributed by atoms with E-state index in [9.17, 15) is 13.2 Å². The highest BCUT2D eigenvalue weighted by molar-refractivity contribution is 9.10. The SMILES string of the molecule is COc1ccc(S(=O)(=O)NC2CC2)cc1NC(=O)c1cc(OC)c(Br)c(OC)c1. The van der Waals surface area contributed by atoms with Crippen LogP contribution in [0.2, 0.25) is 0 Å². The molecule has 0 spiro atoms. The van der Waals surface area contributed by atoms with E-state index in [0.29, 0.717) is 21.7 Å². The topological polar surface area (TPSA) is 103 Å². The van der Waals surface area contributed by atoms with Crippen LogP contribution >= 0.6 is 15.9 Å². The van der Waals surface area contributed by atoms with Crippen molar-refractivity contribution in [2.24, 2.45) is 0 Å². The first kappa shape index (κ1) is 21.4. The van der Waals surface area contributed by atoms with Crippen molar-refractivity contribution in [2.45, 2.75) is 23.8 Å². The van der Waals surface area contributed by atoms with Crippen LogP contribution in [-0.2, 0) is 10.0 Å².